The molecule has 0 fully saturated rings. The van der Waals surface area contributed by atoms with Crippen LogP contribution in [0.25, 0.3) is 5.57 Å². The summed E-state index contributed by atoms with van der Waals surface area (Å²) in [5.74, 6) is -1.33. The Morgan fingerprint density at radius 2 is 1.48 bits per heavy atom. The van der Waals surface area contributed by atoms with Crippen molar-refractivity contribution in [1.29, 1.82) is 0 Å². The number of hydrogen-bond donors (Lipinski definition) is 1. The second-order valence-electron chi connectivity index (χ2n) is 7.56. The van der Waals surface area contributed by atoms with Crippen molar-refractivity contribution >= 4 is 40.4 Å². The van der Waals surface area contributed by atoms with Crippen LogP contribution in [0.4, 0.5) is 15.8 Å². The van der Waals surface area contributed by atoms with Crippen LogP contribution in [-0.4, -0.2) is 11.8 Å². The van der Waals surface area contributed by atoms with Crippen LogP contribution in [0, 0.1) is 26.6 Å². The summed E-state index contributed by atoms with van der Waals surface area (Å²) in [5, 5.41) is 3.49. The van der Waals surface area contributed by atoms with Crippen LogP contribution in [0.1, 0.15) is 22.3 Å². The Kier molecular flexibility index (Phi) is 5.38. The summed E-state index contributed by atoms with van der Waals surface area (Å²) in [6.07, 6.45) is 0. The normalized spacial score (nSPS) is 13.9. The number of nitrogens with zero attached hydrogens (tertiary/aromatic N) is 1. The molecule has 1 aliphatic heterocycles. The van der Waals surface area contributed by atoms with Gasteiger partial charge in [0.2, 0.25) is 0 Å². The molecule has 0 aliphatic carbocycles. The summed E-state index contributed by atoms with van der Waals surface area (Å²) in [6.45, 7) is 5.78. The maximum atomic E-state index is 13.5. The number of imide groups is 1. The van der Waals surface area contributed by atoms with Gasteiger partial charge in [0.05, 0.1) is 11.3 Å². The van der Waals surface area contributed by atoms with Crippen LogP contribution in [-0.2, 0) is 9.59 Å². The van der Waals surface area contributed by atoms with E-state index in [2.05, 4.69) is 5.32 Å². The molecule has 4 nitrogen and oxygen atoms in total. The number of benzene rings is 3. The number of rotatable bonds is 4. The Morgan fingerprint density at radius 1 is 0.806 bits per heavy atom. The first-order valence-corrected chi connectivity index (χ1v) is 10.1. The van der Waals surface area contributed by atoms with E-state index in [4.69, 9.17) is 11.6 Å². The molecule has 0 saturated carbocycles. The van der Waals surface area contributed by atoms with Gasteiger partial charge in [-0.3, -0.25) is 9.59 Å². The molecule has 6 heteroatoms. The van der Waals surface area contributed by atoms with E-state index < -0.39 is 17.6 Å². The Morgan fingerprint density at radius 3 is 2.13 bits per heavy atom. The number of amides is 2. The first-order chi connectivity index (χ1) is 14.8. The highest BCUT2D eigenvalue weighted by Crippen LogP contribution is 2.35. The molecule has 3 aromatic rings. The van der Waals surface area contributed by atoms with Crippen molar-refractivity contribution in [1.82, 2.24) is 0 Å². The van der Waals surface area contributed by atoms with Crippen LogP contribution in [0.15, 0.2) is 66.4 Å². The van der Waals surface area contributed by atoms with Gasteiger partial charge in [0.25, 0.3) is 11.8 Å². The molecular formula is C25H20ClFN2O2. The van der Waals surface area contributed by atoms with Crippen molar-refractivity contribution in [2.24, 2.45) is 0 Å². The molecule has 0 saturated heterocycles. The summed E-state index contributed by atoms with van der Waals surface area (Å²) in [6, 6.07) is 16.3. The quantitative estimate of drug-likeness (QED) is 0.528. The van der Waals surface area contributed by atoms with Crippen LogP contribution in [0.3, 0.4) is 0 Å². The molecule has 0 atom stereocenters. The third kappa shape index (κ3) is 3.84. The topological polar surface area (TPSA) is 49.4 Å². The lowest BCUT2D eigenvalue weighted by molar-refractivity contribution is -0.120. The minimum Gasteiger partial charge on any atom is -0.350 e. The third-order valence-corrected chi connectivity index (χ3v) is 5.81. The number of aryl methyl sites for hydroxylation is 3. The average molecular weight is 435 g/mol. The maximum absolute atomic E-state index is 13.5. The molecule has 0 spiro atoms. The summed E-state index contributed by atoms with van der Waals surface area (Å²) in [7, 11) is 0. The van der Waals surface area contributed by atoms with Gasteiger partial charge in [-0.1, -0.05) is 35.9 Å². The monoisotopic (exact) mass is 434 g/mol. The molecule has 0 aromatic heterocycles. The Labute approximate surface area is 185 Å². The molecule has 0 bridgehead atoms. The minimum atomic E-state index is -0.498. The average Bonchev–Trinajstić information content (AvgIpc) is 2.98. The zero-order chi connectivity index (χ0) is 22.3. The maximum Gasteiger partial charge on any atom is 0.282 e. The fourth-order valence-electron chi connectivity index (χ4n) is 3.44. The summed E-state index contributed by atoms with van der Waals surface area (Å²) in [4.78, 5) is 28.0. The lowest BCUT2D eigenvalue weighted by Gasteiger charge is -2.16. The van der Waals surface area contributed by atoms with E-state index in [9.17, 15) is 14.0 Å². The van der Waals surface area contributed by atoms with Crippen LogP contribution >= 0.6 is 11.6 Å². The SMILES string of the molecule is Cc1ccc(C2=C(Nc3ccc(F)cc3)C(=O)N(c3ccc(C)c(Cl)c3)C2=O)cc1C. The van der Waals surface area contributed by atoms with Gasteiger partial charge in [-0.25, -0.2) is 9.29 Å². The first kappa shape index (κ1) is 20.8. The lowest BCUT2D eigenvalue weighted by atomic mass is 9.99. The Bertz CT molecular complexity index is 1250. The van der Waals surface area contributed by atoms with E-state index in [0.29, 0.717) is 22.0 Å². The van der Waals surface area contributed by atoms with E-state index in [1.54, 1.807) is 18.2 Å². The van der Waals surface area contributed by atoms with Gasteiger partial charge in [0, 0.05) is 10.7 Å². The van der Waals surface area contributed by atoms with Crippen molar-refractivity contribution in [2.45, 2.75) is 20.8 Å². The first-order valence-electron chi connectivity index (χ1n) is 9.75. The molecule has 1 N–H and O–H groups in total. The minimum absolute atomic E-state index is 0.136. The number of carbonyl (C=O) groups excluding carboxylic acids is 2. The summed E-state index contributed by atoms with van der Waals surface area (Å²) >= 11 is 6.25. The summed E-state index contributed by atoms with van der Waals surface area (Å²) in [5.41, 5.74) is 4.85. The predicted octanol–water partition coefficient (Wildman–Crippen LogP) is 5.80. The lowest BCUT2D eigenvalue weighted by Crippen LogP contribution is -2.32. The van der Waals surface area contributed by atoms with Crippen molar-refractivity contribution in [3.63, 3.8) is 0 Å². The van der Waals surface area contributed by atoms with E-state index in [-0.39, 0.29) is 11.3 Å². The van der Waals surface area contributed by atoms with Crippen LogP contribution in [0.5, 0.6) is 0 Å². The number of halogens is 2. The van der Waals surface area contributed by atoms with Gasteiger partial charge < -0.3 is 5.32 Å². The smallest absolute Gasteiger partial charge is 0.282 e. The van der Waals surface area contributed by atoms with Gasteiger partial charge in [0.15, 0.2) is 0 Å². The molecule has 1 aliphatic rings. The van der Waals surface area contributed by atoms with Gasteiger partial charge in [-0.15, -0.1) is 0 Å². The molecule has 0 unspecified atom stereocenters. The molecular weight excluding hydrogens is 415 g/mol. The van der Waals surface area contributed by atoms with E-state index in [0.717, 1.165) is 21.6 Å². The van der Waals surface area contributed by atoms with Gasteiger partial charge in [0.1, 0.15) is 11.5 Å². The van der Waals surface area contributed by atoms with Gasteiger partial charge in [-0.05, 0) is 79.4 Å². The van der Waals surface area contributed by atoms with Gasteiger partial charge in [-0.2, -0.15) is 0 Å². The largest absolute Gasteiger partial charge is 0.350 e. The van der Waals surface area contributed by atoms with Crippen LogP contribution < -0.4 is 10.2 Å². The molecule has 1 heterocycles. The Balaban J connectivity index is 1.84. The van der Waals surface area contributed by atoms with Crippen molar-refractivity contribution < 1.29 is 14.0 Å². The standard InChI is InChI=1S/C25H20ClFN2O2/c1-14-4-6-17(12-16(14)3)22-23(28-19-9-7-18(27)8-10-19)25(31)29(24(22)30)20-11-5-15(2)21(26)13-20/h4-13,28H,1-3H3. The highest BCUT2D eigenvalue weighted by Gasteiger charge is 2.40. The second-order valence-corrected chi connectivity index (χ2v) is 7.97. The van der Waals surface area contributed by atoms with Crippen molar-refractivity contribution in [3.05, 3.63) is 99.5 Å². The number of hydrogen-bond acceptors (Lipinski definition) is 3. The fourth-order valence-corrected chi connectivity index (χ4v) is 3.62. The molecule has 3 aromatic carbocycles. The molecule has 31 heavy (non-hydrogen) atoms. The van der Waals surface area contributed by atoms with Crippen molar-refractivity contribution in [3.8, 4) is 0 Å². The molecule has 2 amide bonds. The highest BCUT2D eigenvalue weighted by atomic mass is 35.5. The predicted molar refractivity (Wildman–Crippen MR) is 122 cm³/mol. The fraction of sp³-hybridized carbons (Fsp3) is 0.120. The Hall–Kier alpha value is -3.44. The number of carbonyl (C=O) groups is 2. The number of nitrogens with one attached hydrogen (secondary N) is 1. The van der Waals surface area contributed by atoms with E-state index in [1.165, 1.54) is 24.3 Å². The molecule has 156 valence electrons. The number of anilines is 2. The van der Waals surface area contributed by atoms with E-state index >= 15 is 0 Å². The van der Waals surface area contributed by atoms with Crippen LogP contribution in [0.2, 0.25) is 5.02 Å². The second kappa shape index (κ2) is 8.00. The van der Waals surface area contributed by atoms with Gasteiger partial charge >= 0.3 is 0 Å². The van der Waals surface area contributed by atoms with E-state index in [1.807, 2.05) is 39.0 Å². The molecule has 0 radical (unpaired) electrons. The summed E-state index contributed by atoms with van der Waals surface area (Å²) < 4.78 is 13.3. The molecule has 4 rings (SSSR count). The zero-order valence-corrected chi connectivity index (χ0v) is 18.0. The highest BCUT2D eigenvalue weighted by molar-refractivity contribution is 6.46. The van der Waals surface area contributed by atoms with Crippen molar-refractivity contribution in [2.75, 3.05) is 10.2 Å². The third-order valence-electron chi connectivity index (χ3n) is 5.41. The zero-order valence-electron chi connectivity index (χ0n) is 17.3.